The Morgan fingerprint density at radius 1 is 0.479 bits per heavy atom. The second-order valence-corrected chi connectivity index (χ2v) is 32.9. The fourth-order valence-corrected chi connectivity index (χ4v) is 21.9. The molecular formula is C55H84B30BrN3O5. The molecule has 16 atom stereocenters. The summed E-state index contributed by atoms with van der Waals surface area (Å²) in [4.78, 5) is 39.5. The van der Waals surface area contributed by atoms with E-state index < -0.39 is 101 Å². The maximum atomic E-state index is 13.4. The summed E-state index contributed by atoms with van der Waals surface area (Å²) in [7, 11) is 99.7. The number of hydroxylamine groups is 2. The molecule has 2 aromatic heterocycles. The van der Waals surface area contributed by atoms with Crippen molar-refractivity contribution in [3.8, 4) is 0 Å². The van der Waals surface area contributed by atoms with Crippen molar-refractivity contribution >= 4 is 241 Å². The molecule has 0 spiro atoms. The first kappa shape index (κ1) is 82.7. The molecular weight excluding hydrogens is 1190 g/mol. The molecule has 0 saturated heterocycles. The van der Waals surface area contributed by atoms with Gasteiger partial charge >= 0.3 is 0 Å². The number of fused-ring (bicyclic) bond motifs is 10. The van der Waals surface area contributed by atoms with Crippen LogP contribution in [0.3, 0.4) is 0 Å². The van der Waals surface area contributed by atoms with Crippen LogP contribution in [0, 0.1) is 80.8 Å². The number of aliphatic hydroxyl groups is 2. The molecule has 8 nitrogen and oxygen atoms in total. The van der Waals surface area contributed by atoms with Crippen LogP contribution in [0.5, 0.6) is 0 Å². The number of hydrogen-bond acceptors (Lipinski definition) is 7. The van der Waals surface area contributed by atoms with Gasteiger partial charge in [0.05, 0.1) is 18.3 Å². The lowest BCUT2D eigenvalue weighted by molar-refractivity contribution is -0.182. The van der Waals surface area contributed by atoms with Gasteiger partial charge in [-0.1, -0.05) is 35.1 Å². The van der Waals surface area contributed by atoms with Crippen LogP contribution in [-0.4, -0.2) is 275 Å². The molecule has 10 rings (SSSR count). The molecule has 0 bridgehead atoms. The van der Waals surface area contributed by atoms with Gasteiger partial charge in [0.25, 0.3) is 0 Å². The first-order chi connectivity index (χ1) is 43.3. The Morgan fingerprint density at radius 2 is 0.830 bits per heavy atom. The van der Waals surface area contributed by atoms with Crippen molar-refractivity contribution in [1.29, 1.82) is 0 Å². The van der Waals surface area contributed by atoms with Gasteiger partial charge in [-0.05, 0) is 239 Å². The Morgan fingerprint density at radius 3 is 1.15 bits per heavy atom. The Labute approximate surface area is 605 Å². The molecule has 2 aromatic rings. The number of aromatic nitrogens is 2. The second-order valence-electron chi connectivity index (χ2n) is 31.9. The molecule has 8 aliphatic rings. The summed E-state index contributed by atoms with van der Waals surface area (Å²) >= 11 is 3.25. The van der Waals surface area contributed by atoms with Crippen molar-refractivity contribution < 1.29 is 24.6 Å². The summed E-state index contributed by atoms with van der Waals surface area (Å²) in [6.07, 6.45) is 14.0. The lowest BCUT2D eigenvalue weighted by atomic mass is 8.31. The number of ketones is 1. The fourth-order valence-electron chi connectivity index (χ4n) is 21.7. The Bertz CT molecular complexity index is 2620. The number of pyridine rings is 2. The summed E-state index contributed by atoms with van der Waals surface area (Å²) in [5, 5.41) is 22.8. The molecule has 8 saturated carbocycles. The van der Waals surface area contributed by atoms with E-state index in [1.807, 2.05) is 38.1 Å². The van der Waals surface area contributed by atoms with Crippen LogP contribution in [0.1, 0.15) is 175 Å². The highest BCUT2D eigenvalue weighted by Gasteiger charge is 2.64. The molecule has 0 aromatic carbocycles. The molecule has 0 aliphatic heterocycles. The normalized spacial score (nSPS) is 33.7. The molecule has 8 aliphatic carbocycles. The van der Waals surface area contributed by atoms with Crippen LogP contribution in [-0.2, 0) is 9.63 Å². The third-order valence-corrected chi connectivity index (χ3v) is 26.9. The molecule has 2 N–H and O–H groups in total. The summed E-state index contributed by atoms with van der Waals surface area (Å²) in [5.74, 6) is 6.58. The Kier molecular flexibility index (Phi) is 29.8. The average molecular weight is 1270 g/mol. The highest BCUT2D eigenvalue weighted by molar-refractivity contribution is 9.10. The zero-order chi connectivity index (χ0) is 69.2. The number of rotatable bonds is 17. The zero-order valence-electron chi connectivity index (χ0n) is 57.3. The van der Waals surface area contributed by atoms with Crippen molar-refractivity contribution in [3.63, 3.8) is 0 Å². The maximum Gasteiger partial charge on any atom is 0.249 e. The summed E-state index contributed by atoms with van der Waals surface area (Å²) in [6.45, 7) is 14.0. The van der Waals surface area contributed by atoms with Crippen LogP contribution in [0.15, 0.2) is 53.5 Å². The first-order valence-electron chi connectivity index (χ1n) is 34.7. The highest BCUT2D eigenvalue weighted by Crippen LogP contribution is 2.70. The van der Waals surface area contributed by atoms with E-state index in [-0.39, 0.29) is 36.0 Å². The Balaban J connectivity index is 0.000000211. The minimum atomic E-state index is -1.07. The number of carbonyl (C=O) groups is 2. The van der Waals surface area contributed by atoms with E-state index in [1.165, 1.54) is 82.1 Å². The third-order valence-electron chi connectivity index (χ3n) is 26.5. The van der Waals surface area contributed by atoms with Crippen LogP contribution in [0.2, 0.25) is 0 Å². The van der Waals surface area contributed by atoms with E-state index >= 15 is 0 Å². The summed E-state index contributed by atoms with van der Waals surface area (Å²) in [6, 6.07) is 7.65. The van der Waals surface area contributed by atoms with Crippen LogP contribution >= 0.6 is 15.9 Å². The molecule has 39 heteroatoms. The third kappa shape index (κ3) is 17.8. The van der Waals surface area contributed by atoms with Gasteiger partial charge in [-0.3, -0.25) is 24.4 Å². The monoisotopic (exact) mass is 1280 g/mol. The first-order valence-corrected chi connectivity index (χ1v) is 35.5. The van der Waals surface area contributed by atoms with E-state index in [1.54, 1.807) is 38.9 Å². The molecule has 32 radical (unpaired) electrons. The van der Waals surface area contributed by atoms with Crippen molar-refractivity contribution in [3.05, 3.63) is 59.1 Å². The second kappa shape index (κ2) is 33.9. The predicted octanol–water partition coefficient (Wildman–Crippen LogP) is 1.15. The number of hydrogen-bond donors (Lipinski definition) is 2. The van der Waals surface area contributed by atoms with Gasteiger partial charge < -0.3 is 10.2 Å². The van der Waals surface area contributed by atoms with E-state index in [0.717, 1.165) is 72.2 Å². The number of nitrogens with zero attached hydrogens (tertiary/aromatic N) is 3. The topological polar surface area (TPSA) is 113 Å². The molecule has 446 valence electrons. The van der Waals surface area contributed by atoms with Gasteiger partial charge in [-0.15, -0.1) is 0 Å². The molecule has 0 unspecified atom stereocenters. The summed E-state index contributed by atoms with van der Waals surface area (Å²) < 4.78 is 1.02. The van der Waals surface area contributed by atoms with Crippen LogP contribution < -0.4 is 0 Å². The van der Waals surface area contributed by atoms with Crippen molar-refractivity contribution in [2.75, 3.05) is 14.2 Å². The number of carbonyl (C=O) groups excluding carboxylic acids is 2. The van der Waals surface area contributed by atoms with Crippen molar-refractivity contribution in [2.45, 2.75) is 176 Å². The van der Waals surface area contributed by atoms with Crippen LogP contribution in [0.25, 0.3) is 0 Å². The van der Waals surface area contributed by atoms with E-state index in [4.69, 9.17) is 129 Å². The van der Waals surface area contributed by atoms with E-state index in [0.29, 0.717) is 40.3 Å². The van der Waals surface area contributed by atoms with Gasteiger partial charge in [0, 0.05) is 267 Å². The quantitative estimate of drug-likeness (QED) is 0.139. The average Bonchev–Trinajstić information content (AvgIpc) is 1.33. The van der Waals surface area contributed by atoms with Crippen LogP contribution in [0.4, 0.5) is 0 Å². The van der Waals surface area contributed by atoms with Crippen molar-refractivity contribution in [1.82, 2.24) is 15.0 Å². The fraction of sp³-hybridized carbons (Fsp3) is 0.782. The largest absolute Gasteiger partial charge is 0.390 e. The van der Waals surface area contributed by atoms with E-state index in [9.17, 15) is 19.8 Å². The number of halogens is 1. The SMILES string of the molecule is Brc1cccnc1.C.CON(C)C(=O)[C@H]1CC[C@H]2[C@@H]3CC[C@H]4C[C@](C)(O)CC[C@]4(C)[C@H]3CC[C@]12C.C[C@@]1(O)CC[C@@]2(C)[C@@H](CC[C@@H]3[C@@H]2CC[C@]2(C)[C@@H](C(=O)c4cccnc4)CC[C@@H]32)C1.[B]B([B])B(B([B])[B])B(B(B([B])[B])B([B])[B])B(B(B([B])[B])B([B])[B])B(B([B])[B])B([B])[B]. The lowest BCUT2D eigenvalue weighted by Gasteiger charge is -2.61. The minimum Gasteiger partial charge on any atom is -0.390 e. The van der Waals surface area contributed by atoms with Gasteiger partial charge in [0.15, 0.2) is 5.78 Å². The number of amides is 1. The predicted molar refractivity (Wildman–Crippen MR) is 431 cm³/mol. The smallest absolute Gasteiger partial charge is 0.249 e. The zero-order valence-corrected chi connectivity index (χ0v) is 58.9. The van der Waals surface area contributed by atoms with Gasteiger partial charge in [-0.25, -0.2) is 5.06 Å². The summed E-state index contributed by atoms with van der Waals surface area (Å²) in [5.41, 5.74) is 0.929. The molecule has 94 heavy (non-hydrogen) atoms. The van der Waals surface area contributed by atoms with Gasteiger partial charge in [-0.2, -0.15) is 0 Å². The molecule has 2 heterocycles. The molecule has 8 fully saturated rings. The Hall–Kier alpha value is -0.252. The van der Waals surface area contributed by atoms with E-state index in [2.05, 4.69) is 53.6 Å². The lowest BCUT2D eigenvalue weighted by Crippen LogP contribution is -2.88. The highest BCUT2D eigenvalue weighted by atomic mass is 79.9. The number of Topliss-reactive ketones (excluding diaryl/α,β-unsaturated/α-hetero) is 1. The molecule has 1 amide bonds. The standard InChI is InChI=1S/C26H37NO2.C23H39NO3.C5H4BrN.CH4.B30/c1-24(29)12-13-25(2)18(15-24)6-7-19-20-8-9-22(26(20,3)11-10-21(19)25)23(28)17-5-4-14-27-16-17;1-21(26)12-13-22(2)15(14-21)6-7-16-17-8-9-19(20(25)24(4)27-5)23(17,3)11-10-18(16)22;6-5-2-1-3-7-4-5;;1-17(2)25(18(3)4)29(26(19(5)6)20(7)8)30(27(21(9)10)22(11)12)28(23(13)14)24(15)16/h4-5,14,16,18-22,29H,6-13,15H2,1-3H3;15-19,26H,6-14H2,1-5H3;1-4H;1H4;/t18-,19-,20-,21-,22+,24+,25-,26-;15-,16-,17-,18-,19+,21+,22-,23-;;;/m00.../s1. The minimum absolute atomic E-state index is 0. The van der Waals surface area contributed by atoms with Gasteiger partial charge in [0.1, 0.15) is 0 Å². The van der Waals surface area contributed by atoms with Gasteiger partial charge in [0.2, 0.25) is 5.91 Å². The maximum absolute atomic E-state index is 13.4. The van der Waals surface area contributed by atoms with Crippen molar-refractivity contribution in [2.24, 2.45) is 80.8 Å².